The first-order valence-electron chi connectivity index (χ1n) is 8.78. The molecule has 1 fully saturated rings. The van der Waals surface area contributed by atoms with Crippen molar-refractivity contribution in [2.75, 3.05) is 0 Å². The van der Waals surface area contributed by atoms with E-state index in [1.54, 1.807) is 0 Å². The molecular formula is C18H21N5OS. The van der Waals surface area contributed by atoms with Crippen LogP contribution in [0.3, 0.4) is 0 Å². The zero-order valence-corrected chi connectivity index (χ0v) is 15.1. The highest BCUT2D eigenvalue weighted by atomic mass is 32.1. The minimum absolute atomic E-state index is 0.0490. The third-order valence-electron chi connectivity index (χ3n) is 4.51. The predicted octanol–water partition coefficient (Wildman–Crippen LogP) is 2.87. The number of hydrogen-bond acceptors (Lipinski definition) is 5. The molecule has 1 amide bonds. The van der Waals surface area contributed by atoms with Gasteiger partial charge in [0.2, 0.25) is 10.9 Å². The monoisotopic (exact) mass is 355 g/mol. The fourth-order valence-electron chi connectivity index (χ4n) is 2.80. The summed E-state index contributed by atoms with van der Waals surface area (Å²) in [7, 11) is 0. The summed E-state index contributed by atoms with van der Waals surface area (Å²) in [5.41, 5.74) is 2.52. The highest BCUT2D eigenvalue weighted by Gasteiger charge is 2.30. The van der Waals surface area contributed by atoms with Crippen LogP contribution in [-0.4, -0.2) is 25.7 Å². The van der Waals surface area contributed by atoms with Gasteiger partial charge in [-0.15, -0.1) is 10.2 Å². The van der Waals surface area contributed by atoms with Crippen molar-refractivity contribution in [1.29, 1.82) is 0 Å². The van der Waals surface area contributed by atoms with Crippen molar-refractivity contribution < 1.29 is 4.79 Å². The predicted molar refractivity (Wildman–Crippen MR) is 96.6 cm³/mol. The van der Waals surface area contributed by atoms with Gasteiger partial charge in [-0.25, -0.2) is 0 Å². The minimum atomic E-state index is 0.0490. The maximum Gasteiger partial charge on any atom is 0.234 e. The molecule has 0 atom stereocenters. The first-order valence-corrected chi connectivity index (χ1v) is 9.60. The molecule has 6 nitrogen and oxygen atoms in total. The van der Waals surface area contributed by atoms with Gasteiger partial charge in [0.05, 0.1) is 6.54 Å². The lowest BCUT2D eigenvalue weighted by molar-refractivity contribution is -0.121. The Morgan fingerprint density at radius 2 is 2.00 bits per heavy atom. The van der Waals surface area contributed by atoms with E-state index in [4.69, 9.17) is 0 Å². The molecule has 1 saturated carbocycles. The van der Waals surface area contributed by atoms with Crippen LogP contribution in [0.4, 0.5) is 0 Å². The van der Waals surface area contributed by atoms with Crippen molar-refractivity contribution >= 4 is 22.2 Å². The summed E-state index contributed by atoms with van der Waals surface area (Å²) in [5, 5.41) is 16.7. The van der Waals surface area contributed by atoms with E-state index >= 15 is 0 Å². The number of amides is 1. The Kier molecular flexibility index (Phi) is 4.48. The van der Waals surface area contributed by atoms with Crippen LogP contribution in [0.1, 0.15) is 54.1 Å². The van der Waals surface area contributed by atoms with E-state index < -0.39 is 0 Å². The molecule has 25 heavy (non-hydrogen) atoms. The lowest BCUT2D eigenvalue weighted by Gasteiger charge is -2.04. The van der Waals surface area contributed by atoms with Gasteiger partial charge in [-0.1, -0.05) is 42.5 Å². The number of aromatic nitrogens is 4. The third-order valence-corrected chi connectivity index (χ3v) is 5.41. The van der Waals surface area contributed by atoms with Crippen molar-refractivity contribution in [3.05, 3.63) is 46.2 Å². The fraction of sp³-hybridized carbons (Fsp3) is 0.444. The molecule has 0 unspecified atom stereocenters. The topological polar surface area (TPSA) is 72.2 Å². The van der Waals surface area contributed by atoms with E-state index in [0.29, 0.717) is 18.9 Å². The number of nitrogens with one attached hydrogen (secondary N) is 1. The third kappa shape index (κ3) is 3.71. The van der Waals surface area contributed by atoms with Crippen LogP contribution >= 0.6 is 11.3 Å². The molecule has 130 valence electrons. The maximum absolute atomic E-state index is 12.1. The molecule has 0 aliphatic heterocycles. The quantitative estimate of drug-likeness (QED) is 0.707. The first-order chi connectivity index (χ1) is 12.2. The number of hydrogen-bond donors (Lipinski definition) is 1. The second-order valence-corrected chi connectivity index (χ2v) is 7.51. The molecule has 3 aromatic rings. The Morgan fingerprint density at radius 3 is 2.72 bits per heavy atom. The minimum Gasteiger partial charge on any atom is -0.350 e. The van der Waals surface area contributed by atoms with Crippen LogP contribution < -0.4 is 5.32 Å². The number of rotatable bonds is 7. The van der Waals surface area contributed by atoms with Gasteiger partial charge in [-0.05, 0) is 36.8 Å². The van der Waals surface area contributed by atoms with E-state index in [2.05, 4.69) is 51.8 Å². The van der Waals surface area contributed by atoms with Crippen molar-refractivity contribution in [3.63, 3.8) is 0 Å². The Bertz CT molecular complexity index is 879. The van der Waals surface area contributed by atoms with Gasteiger partial charge in [0, 0.05) is 12.3 Å². The zero-order chi connectivity index (χ0) is 17.2. The summed E-state index contributed by atoms with van der Waals surface area (Å²) in [6.07, 6.45) is 4.62. The lowest BCUT2D eigenvalue weighted by atomic mass is 10.1. The number of aryl methyl sites for hydroxylation is 2. The summed E-state index contributed by atoms with van der Waals surface area (Å²) >= 11 is 1.49. The number of fused-ring (bicyclic) bond motifs is 1. The molecule has 0 spiro atoms. The van der Waals surface area contributed by atoms with Crippen LogP contribution in [0.25, 0.3) is 4.96 Å². The van der Waals surface area contributed by atoms with E-state index in [0.717, 1.165) is 28.6 Å². The zero-order valence-electron chi connectivity index (χ0n) is 14.2. The van der Waals surface area contributed by atoms with Crippen LogP contribution in [-0.2, 0) is 24.2 Å². The Labute approximate surface area is 150 Å². The summed E-state index contributed by atoms with van der Waals surface area (Å²) in [6.45, 7) is 2.59. The second-order valence-electron chi connectivity index (χ2n) is 6.47. The Hall–Kier alpha value is -2.28. The normalized spacial score (nSPS) is 14.1. The SMILES string of the molecule is CCc1ccc(CCC(=O)NCc2nn3c(C4CC4)nnc3s2)cc1. The first kappa shape index (κ1) is 16.2. The van der Waals surface area contributed by atoms with E-state index in [9.17, 15) is 4.79 Å². The smallest absolute Gasteiger partial charge is 0.234 e. The molecule has 0 bridgehead atoms. The highest BCUT2D eigenvalue weighted by Crippen LogP contribution is 2.39. The molecule has 1 aliphatic rings. The maximum atomic E-state index is 12.1. The standard InChI is InChI=1S/C18H21N5OS/c1-2-12-3-5-13(6-4-12)7-10-15(24)19-11-16-22-23-17(14-8-9-14)20-21-18(23)25-16/h3-6,14H,2,7-11H2,1H3,(H,19,24). The van der Waals surface area contributed by atoms with E-state index in [-0.39, 0.29) is 5.91 Å². The molecule has 1 N–H and O–H groups in total. The molecule has 1 aliphatic carbocycles. The molecule has 0 radical (unpaired) electrons. The summed E-state index contributed by atoms with van der Waals surface area (Å²) in [6, 6.07) is 8.47. The molecule has 2 aromatic heterocycles. The van der Waals surface area contributed by atoms with Crippen LogP contribution in [0.15, 0.2) is 24.3 Å². The van der Waals surface area contributed by atoms with Gasteiger partial charge in [0.1, 0.15) is 5.01 Å². The van der Waals surface area contributed by atoms with Crippen molar-refractivity contribution in [2.24, 2.45) is 0 Å². The van der Waals surface area contributed by atoms with Gasteiger partial charge < -0.3 is 5.32 Å². The van der Waals surface area contributed by atoms with Gasteiger partial charge in [-0.3, -0.25) is 4.79 Å². The Morgan fingerprint density at radius 1 is 1.24 bits per heavy atom. The van der Waals surface area contributed by atoms with Gasteiger partial charge in [-0.2, -0.15) is 9.61 Å². The fourth-order valence-corrected chi connectivity index (χ4v) is 3.58. The molecule has 4 rings (SSSR count). The highest BCUT2D eigenvalue weighted by molar-refractivity contribution is 7.16. The molecule has 1 aromatic carbocycles. The van der Waals surface area contributed by atoms with Crippen LogP contribution in [0.2, 0.25) is 0 Å². The summed E-state index contributed by atoms with van der Waals surface area (Å²) in [4.78, 5) is 12.9. The summed E-state index contributed by atoms with van der Waals surface area (Å²) < 4.78 is 1.83. The van der Waals surface area contributed by atoms with Gasteiger partial charge >= 0.3 is 0 Å². The van der Waals surface area contributed by atoms with E-state index in [1.807, 2.05) is 4.52 Å². The summed E-state index contributed by atoms with van der Waals surface area (Å²) in [5.74, 6) is 1.52. The lowest BCUT2D eigenvalue weighted by Crippen LogP contribution is -2.23. The second kappa shape index (κ2) is 6.92. The molecule has 7 heteroatoms. The largest absolute Gasteiger partial charge is 0.350 e. The van der Waals surface area contributed by atoms with Gasteiger partial charge in [0.25, 0.3) is 0 Å². The molecule has 0 saturated heterocycles. The number of nitrogens with zero attached hydrogens (tertiary/aromatic N) is 4. The molecular weight excluding hydrogens is 334 g/mol. The van der Waals surface area contributed by atoms with Gasteiger partial charge in [0.15, 0.2) is 5.82 Å². The van der Waals surface area contributed by atoms with Crippen molar-refractivity contribution in [1.82, 2.24) is 25.1 Å². The average Bonchev–Trinajstić information content (AvgIpc) is 3.28. The number of benzene rings is 1. The van der Waals surface area contributed by atoms with Crippen LogP contribution in [0, 0.1) is 0 Å². The van der Waals surface area contributed by atoms with E-state index in [1.165, 1.54) is 35.3 Å². The van der Waals surface area contributed by atoms with Crippen molar-refractivity contribution in [3.8, 4) is 0 Å². The molecule has 2 heterocycles. The van der Waals surface area contributed by atoms with Crippen molar-refractivity contribution in [2.45, 2.75) is 51.5 Å². The van der Waals surface area contributed by atoms with Crippen LogP contribution in [0.5, 0.6) is 0 Å². The average molecular weight is 355 g/mol. The number of carbonyl (C=O) groups is 1. The Balaban J connectivity index is 1.29. The number of carbonyl (C=O) groups excluding carboxylic acids is 1.